The van der Waals surface area contributed by atoms with Gasteiger partial charge in [0.05, 0.1) is 25.8 Å². The molecule has 0 amide bonds. The Kier molecular flexibility index (Phi) is 6.36. The van der Waals surface area contributed by atoms with Crippen LogP contribution in [0.5, 0.6) is 5.75 Å². The second-order valence-corrected chi connectivity index (χ2v) is 4.87. The third-order valence-corrected chi connectivity index (χ3v) is 3.20. The molecule has 0 aliphatic heterocycles. The SMILES string of the molecule is COc1cccc(COCc2noc(-c3coc(CN)c3)n2)c1.Cl. The molecule has 0 saturated carbocycles. The second kappa shape index (κ2) is 8.49. The number of rotatable bonds is 7. The number of benzene rings is 1. The fraction of sp³-hybridized carbons (Fsp3) is 0.250. The lowest BCUT2D eigenvalue weighted by Crippen LogP contribution is -1.96. The number of nitrogens with zero attached hydrogens (tertiary/aromatic N) is 2. The van der Waals surface area contributed by atoms with Crippen molar-refractivity contribution in [2.75, 3.05) is 7.11 Å². The number of methoxy groups -OCH3 is 1. The van der Waals surface area contributed by atoms with Crippen LogP contribution in [0.15, 0.2) is 45.5 Å². The summed E-state index contributed by atoms with van der Waals surface area (Å²) in [6, 6.07) is 9.45. The smallest absolute Gasteiger partial charge is 0.261 e. The van der Waals surface area contributed by atoms with Gasteiger partial charge in [-0.3, -0.25) is 0 Å². The number of hydrogen-bond donors (Lipinski definition) is 1. The van der Waals surface area contributed by atoms with Gasteiger partial charge in [0, 0.05) is 0 Å². The molecule has 0 unspecified atom stereocenters. The van der Waals surface area contributed by atoms with Crippen molar-refractivity contribution in [2.45, 2.75) is 19.8 Å². The van der Waals surface area contributed by atoms with Crippen LogP contribution in [-0.4, -0.2) is 17.3 Å². The molecule has 0 aliphatic carbocycles. The predicted molar refractivity (Wildman–Crippen MR) is 88.6 cm³/mol. The van der Waals surface area contributed by atoms with Gasteiger partial charge in [0.2, 0.25) is 0 Å². The zero-order chi connectivity index (χ0) is 16.1. The van der Waals surface area contributed by atoms with Crippen molar-refractivity contribution < 1.29 is 18.4 Å². The first-order chi connectivity index (χ1) is 11.3. The zero-order valence-corrected chi connectivity index (χ0v) is 13.9. The predicted octanol–water partition coefficient (Wildman–Crippen LogP) is 2.94. The number of hydrogen-bond acceptors (Lipinski definition) is 7. The molecule has 0 radical (unpaired) electrons. The van der Waals surface area contributed by atoms with Gasteiger partial charge in [-0.2, -0.15) is 4.98 Å². The maximum absolute atomic E-state index is 5.60. The molecule has 2 N–H and O–H groups in total. The summed E-state index contributed by atoms with van der Waals surface area (Å²) in [7, 11) is 1.63. The molecule has 128 valence electrons. The quantitative estimate of drug-likeness (QED) is 0.698. The molecule has 0 fully saturated rings. The van der Waals surface area contributed by atoms with Crippen LogP contribution in [0, 0.1) is 0 Å². The van der Waals surface area contributed by atoms with E-state index in [-0.39, 0.29) is 19.0 Å². The molecule has 3 aromatic rings. The molecule has 0 spiro atoms. The maximum atomic E-state index is 5.60. The van der Waals surface area contributed by atoms with Gasteiger partial charge in [0.1, 0.15) is 24.4 Å². The lowest BCUT2D eigenvalue weighted by molar-refractivity contribution is 0.0998. The zero-order valence-electron chi connectivity index (χ0n) is 13.1. The third-order valence-electron chi connectivity index (χ3n) is 3.20. The topological polar surface area (TPSA) is 96.5 Å². The lowest BCUT2D eigenvalue weighted by Gasteiger charge is -2.04. The normalized spacial score (nSPS) is 10.4. The van der Waals surface area contributed by atoms with E-state index in [4.69, 9.17) is 24.1 Å². The molecule has 0 atom stereocenters. The first-order valence-electron chi connectivity index (χ1n) is 7.09. The number of ether oxygens (including phenoxy) is 2. The van der Waals surface area contributed by atoms with Crippen molar-refractivity contribution >= 4 is 12.4 Å². The maximum Gasteiger partial charge on any atom is 0.261 e. The summed E-state index contributed by atoms with van der Waals surface area (Å²) >= 11 is 0. The summed E-state index contributed by atoms with van der Waals surface area (Å²) in [5.41, 5.74) is 7.21. The molecular formula is C16H18ClN3O4. The van der Waals surface area contributed by atoms with Gasteiger partial charge in [-0.05, 0) is 23.8 Å². The van der Waals surface area contributed by atoms with E-state index in [9.17, 15) is 0 Å². The average molecular weight is 352 g/mol. The van der Waals surface area contributed by atoms with Crippen molar-refractivity contribution in [1.82, 2.24) is 10.1 Å². The average Bonchev–Trinajstić information content (AvgIpc) is 3.24. The van der Waals surface area contributed by atoms with Crippen LogP contribution in [0.3, 0.4) is 0 Å². The van der Waals surface area contributed by atoms with E-state index in [1.165, 1.54) is 6.26 Å². The van der Waals surface area contributed by atoms with Crippen LogP contribution < -0.4 is 10.5 Å². The van der Waals surface area contributed by atoms with Crippen LogP contribution in [0.25, 0.3) is 11.5 Å². The van der Waals surface area contributed by atoms with Gasteiger partial charge in [0.15, 0.2) is 5.82 Å². The van der Waals surface area contributed by atoms with E-state index in [0.29, 0.717) is 36.2 Å². The highest BCUT2D eigenvalue weighted by molar-refractivity contribution is 5.85. The Balaban J connectivity index is 0.00000208. The van der Waals surface area contributed by atoms with E-state index >= 15 is 0 Å². The summed E-state index contributed by atoms with van der Waals surface area (Å²) in [4.78, 5) is 4.26. The van der Waals surface area contributed by atoms with E-state index < -0.39 is 0 Å². The molecule has 7 nitrogen and oxygen atoms in total. The Hall–Kier alpha value is -2.35. The van der Waals surface area contributed by atoms with Gasteiger partial charge in [-0.15, -0.1) is 12.4 Å². The van der Waals surface area contributed by atoms with Gasteiger partial charge in [0.25, 0.3) is 5.89 Å². The minimum atomic E-state index is 0. The minimum absolute atomic E-state index is 0. The molecule has 1 aromatic carbocycles. The van der Waals surface area contributed by atoms with Gasteiger partial charge in [-0.1, -0.05) is 17.3 Å². The summed E-state index contributed by atoms with van der Waals surface area (Å²) in [6.07, 6.45) is 1.54. The Bertz CT molecular complexity index is 772. The van der Waals surface area contributed by atoms with E-state index in [1.807, 2.05) is 24.3 Å². The van der Waals surface area contributed by atoms with E-state index in [0.717, 1.165) is 11.3 Å². The summed E-state index contributed by atoms with van der Waals surface area (Å²) in [5, 5.41) is 3.88. The monoisotopic (exact) mass is 351 g/mol. The Morgan fingerprint density at radius 3 is 2.83 bits per heavy atom. The van der Waals surface area contributed by atoms with Crippen molar-refractivity contribution in [1.29, 1.82) is 0 Å². The summed E-state index contributed by atoms with van der Waals surface area (Å²) in [5.74, 6) is 2.31. The first kappa shape index (κ1) is 18.0. The standard InChI is InChI=1S/C16H17N3O4.ClH/c1-20-13-4-2-3-11(5-13)8-21-10-15-18-16(23-19-15)12-6-14(7-17)22-9-12;/h2-6,9H,7-8,10,17H2,1H3;1H. The molecule has 2 heterocycles. The van der Waals surface area contributed by atoms with E-state index in [2.05, 4.69) is 10.1 Å². The fourth-order valence-electron chi connectivity index (χ4n) is 2.05. The van der Waals surface area contributed by atoms with Gasteiger partial charge >= 0.3 is 0 Å². The molecular weight excluding hydrogens is 334 g/mol. The molecule has 24 heavy (non-hydrogen) atoms. The second-order valence-electron chi connectivity index (χ2n) is 4.87. The fourth-order valence-corrected chi connectivity index (χ4v) is 2.05. The Labute approximate surface area is 145 Å². The van der Waals surface area contributed by atoms with Crippen molar-refractivity contribution in [3.63, 3.8) is 0 Å². The summed E-state index contributed by atoms with van der Waals surface area (Å²) < 4.78 is 21.2. The Morgan fingerprint density at radius 2 is 2.08 bits per heavy atom. The number of aromatic nitrogens is 2. The van der Waals surface area contributed by atoms with Crippen LogP contribution in [0.1, 0.15) is 17.1 Å². The highest BCUT2D eigenvalue weighted by Gasteiger charge is 2.12. The number of halogens is 1. The first-order valence-corrected chi connectivity index (χ1v) is 7.09. The third kappa shape index (κ3) is 4.35. The lowest BCUT2D eigenvalue weighted by atomic mass is 10.2. The molecule has 8 heteroatoms. The number of furan rings is 1. The highest BCUT2D eigenvalue weighted by atomic mass is 35.5. The minimum Gasteiger partial charge on any atom is -0.497 e. The van der Waals surface area contributed by atoms with Gasteiger partial charge in [-0.25, -0.2) is 0 Å². The van der Waals surface area contributed by atoms with Crippen LogP contribution in [-0.2, 0) is 24.5 Å². The van der Waals surface area contributed by atoms with Crippen LogP contribution >= 0.6 is 12.4 Å². The van der Waals surface area contributed by atoms with E-state index in [1.54, 1.807) is 13.2 Å². The van der Waals surface area contributed by atoms with Crippen LogP contribution in [0.2, 0.25) is 0 Å². The van der Waals surface area contributed by atoms with Gasteiger partial charge < -0.3 is 24.1 Å². The molecule has 3 rings (SSSR count). The molecule has 0 aliphatic rings. The van der Waals surface area contributed by atoms with Crippen molar-refractivity contribution in [2.24, 2.45) is 5.73 Å². The summed E-state index contributed by atoms with van der Waals surface area (Å²) in [6.45, 7) is 1.01. The van der Waals surface area contributed by atoms with Crippen LogP contribution in [0.4, 0.5) is 0 Å². The molecule has 2 aromatic heterocycles. The van der Waals surface area contributed by atoms with Crippen molar-refractivity contribution in [3.8, 4) is 17.2 Å². The highest BCUT2D eigenvalue weighted by Crippen LogP contribution is 2.20. The van der Waals surface area contributed by atoms with Crippen molar-refractivity contribution in [3.05, 3.63) is 53.7 Å². The molecule has 0 bridgehead atoms. The number of nitrogens with two attached hydrogens (primary N) is 1. The Morgan fingerprint density at radius 1 is 1.21 bits per heavy atom. The molecule has 0 saturated heterocycles. The largest absolute Gasteiger partial charge is 0.497 e.